The van der Waals surface area contributed by atoms with Gasteiger partial charge in [0.05, 0.1) is 16.2 Å². The molecule has 1 N–H and O–H groups in total. The quantitative estimate of drug-likeness (QED) is 0.410. The molecule has 0 amide bonds. The van der Waals surface area contributed by atoms with Gasteiger partial charge in [0.2, 0.25) is 0 Å². The maximum atomic E-state index is 12.4. The molecule has 3 aromatic heterocycles. The van der Waals surface area contributed by atoms with E-state index in [0.29, 0.717) is 16.7 Å². The minimum absolute atomic E-state index is 0.0376. The molecule has 0 unspecified atom stereocenters. The zero-order valence-corrected chi connectivity index (χ0v) is 16.6. The second kappa shape index (κ2) is 6.48. The van der Waals surface area contributed by atoms with E-state index >= 15 is 0 Å². The van der Waals surface area contributed by atoms with Crippen LogP contribution in [0, 0.1) is 20.8 Å². The number of aromatic nitrogens is 4. The Labute approximate surface area is 158 Å². The predicted molar refractivity (Wildman–Crippen MR) is 108 cm³/mol. The number of thiophene rings is 1. The number of thioether (sulfide) groups is 1. The Kier molecular flexibility index (Phi) is 4.28. The normalized spacial score (nSPS) is 12.8. The molecule has 0 spiro atoms. The summed E-state index contributed by atoms with van der Waals surface area (Å²) >= 11 is 3.30. The number of H-pyrrole nitrogens is 1. The van der Waals surface area contributed by atoms with Crippen LogP contribution in [0.25, 0.3) is 21.1 Å². The molecule has 0 aliphatic heterocycles. The smallest absolute Gasteiger partial charge is 0.258 e. The maximum Gasteiger partial charge on any atom is 0.258 e. The summed E-state index contributed by atoms with van der Waals surface area (Å²) in [7, 11) is 0. The van der Waals surface area contributed by atoms with Crippen molar-refractivity contribution in [3.8, 4) is 0 Å². The largest absolute Gasteiger partial charge is 0.309 e. The van der Waals surface area contributed by atoms with Crippen LogP contribution in [0.3, 0.4) is 0 Å². The second-order valence-electron chi connectivity index (χ2n) is 6.27. The molecule has 0 aliphatic carbocycles. The molecule has 1 atom stereocenters. The van der Waals surface area contributed by atoms with Crippen LogP contribution in [0.2, 0.25) is 0 Å². The molecular weight excluding hydrogens is 364 g/mol. The lowest BCUT2D eigenvalue weighted by molar-refractivity contribution is 0.915. The fraction of sp³-hybridized carbons (Fsp3) is 0.263. The van der Waals surface area contributed by atoms with Crippen molar-refractivity contribution in [1.29, 1.82) is 0 Å². The lowest BCUT2D eigenvalue weighted by Gasteiger charge is -2.12. The Hall–Kier alpha value is -2.25. The third kappa shape index (κ3) is 2.91. The van der Waals surface area contributed by atoms with Gasteiger partial charge in [-0.05, 0) is 45.4 Å². The number of para-hydroxylation sites is 1. The van der Waals surface area contributed by atoms with Crippen molar-refractivity contribution in [2.75, 3.05) is 0 Å². The Morgan fingerprint density at radius 2 is 1.88 bits per heavy atom. The van der Waals surface area contributed by atoms with Crippen molar-refractivity contribution < 1.29 is 0 Å². The van der Waals surface area contributed by atoms with E-state index in [-0.39, 0.29) is 10.8 Å². The summed E-state index contributed by atoms with van der Waals surface area (Å²) in [4.78, 5) is 31.4. The fourth-order valence-electron chi connectivity index (χ4n) is 2.92. The van der Waals surface area contributed by atoms with E-state index in [0.717, 1.165) is 21.1 Å². The van der Waals surface area contributed by atoms with Gasteiger partial charge in [-0.1, -0.05) is 23.9 Å². The average Bonchev–Trinajstić information content (AvgIpc) is 2.88. The number of rotatable bonds is 3. The van der Waals surface area contributed by atoms with Gasteiger partial charge < -0.3 is 4.98 Å². The summed E-state index contributed by atoms with van der Waals surface area (Å²) < 4.78 is 0. The lowest BCUT2D eigenvalue weighted by atomic mass is 10.2. The van der Waals surface area contributed by atoms with E-state index in [1.54, 1.807) is 29.2 Å². The highest BCUT2D eigenvalue weighted by molar-refractivity contribution is 7.99. The van der Waals surface area contributed by atoms with Crippen molar-refractivity contribution in [2.24, 2.45) is 0 Å². The van der Waals surface area contributed by atoms with Crippen molar-refractivity contribution in [1.82, 2.24) is 19.9 Å². The molecule has 0 bridgehead atoms. The first-order chi connectivity index (χ1) is 12.4. The summed E-state index contributed by atoms with van der Waals surface area (Å²) in [6.07, 6.45) is 0. The SMILES string of the molecule is Cc1nc(S[C@@H](C)c2nc3ccccc3c(=O)[nH]2)c2c(C)c(C)sc2n1. The molecule has 132 valence electrons. The van der Waals surface area contributed by atoms with Gasteiger partial charge in [-0.3, -0.25) is 4.79 Å². The van der Waals surface area contributed by atoms with Crippen LogP contribution in [-0.2, 0) is 0 Å². The highest BCUT2D eigenvalue weighted by Crippen LogP contribution is 2.40. The number of aromatic amines is 1. The van der Waals surface area contributed by atoms with E-state index in [1.807, 2.05) is 32.0 Å². The van der Waals surface area contributed by atoms with Crippen LogP contribution >= 0.6 is 23.1 Å². The molecule has 4 aromatic rings. The van der Waals surface area contributed by atoms with E-state index in [2.05, 4.69) is 33.8 Å². The lowest BCUT2D eigenvalue weighted by Crippen LogP contribution is -2.12. The number of nitrogens with zero attached hydrogens (tertiary/aromatic N) is 3. The zero-order valence-electron chi connectivity index (χ0n) is 15.0. The first-order valence-electron chi connectivity index (χ1n) is 8.34. The number of nitrogens with one attached hydrogen (secondary N) is 1. The second-order valence-corrected chi connectivity index (χ2v) is 8.80. The molecule has 1 aromatic carbocycles. The molecule has 0 fully saturated rings. The molecule has 0 saturated carbocycles. The Morgan fingerprint density at radius 1 is 1.12 bits per heavy atom. The van der Waals surface area contributed by atoms with E-state index < -0.39 is 0 Å². The van der Waals surface area contributed by atoms with Crippen molar-refractivity contribution in [2.45, 2.75) is 38.0 Å². The Balaban J connectivity index is 1.78. The zero-order chi connectivity index (χ0) is 18.4. The van der Waals surface area contributed by atoms with E-state index in [9.17, 15) is 4.79 Å². The topological polar surface area (TPSA) is 71.5 Å². The van der Waals surface area contributed by atoms with E-state index in [4.69, 9.17) is 0 Å². The number of hydrogen-bond acceptors (Lipinski definition) is 6. The van der Waals surface area contributed by atoms with Gasteiger partial charge in [-0.2, -0.15) is 0 Å². The van der Waals surface area contributed by atoms with Gasteiger partial charge in [-0.15, -0.1) is 11.3 Å². The van der Waals surface area contributed by atoms with Crippen molar-refractivity contribution >= 4 is 44.2 Å². The molecule has 0 radical (unpaired) electrons. The summed E-state index contributed by atoms with van der Waals surface area (Å²) in [6, 6.07) is 7.40. The molecule has 0 aliphatic rings. The molecule has 3 heterocycles. The van der Waals surface area contributed by atoms with Crippen LogP contribution in [-0.4, -0.2) is 19.9 Å². The third-order valence-electron chi connectivity index (χ3n) is 4.41. The third-order valence-corrected chi connectivity index (χ3v) is 6.61. The van der Waals surface area contributed by atoms with Gasteiger partial charge in [0.1, 0.15) is 21.5 Å². The first kappa shape index (κ1) is 17.2. The standard InChI is InChI=1S/C19H18N4OS2/c1-9-10(2)25-18-15(9)19(21-12(4)20-18)26-11(3)16-22-14-8-6-5-7-13(14)17(24)23-16/h5-8,11H,1-4H3,(H,22,23,24)/t11-/m0/s1. The van der Waals surface area contributed by atoms with Crippen LogP contribution in [0.1, 0.15) is 34.3 Å². The first-order valence-corrected chi connectivity index (χ1v) is 10.0. The molecule has 26 heavy (non-hydrogen) atoms. The number of hydrogen-bond donors (Lipinski definition) is 1. The molecule has 4 rings (SSSR count). The van der Waals surface area contributed by atoms with Crippen LogP contribution in [0.15, 0.2) is 34.1 Å². The highest BCUT2D eigenvalue weighted by atomic mass is 32.2. The van der Waals surface area contributed by atoms with Crippen LogP contribution < -0.4 is 5.56 Å². The summed E-state index contributed by atoms with van der Waals surface area (Å²) in [5, 5.41) is 2.62. The molecular formula is C19H18N4OS2. The van der Waals surface area contributed by atoms with Gasteiger partial charge in [-0.25, -0.2) is 15.0 Å². The maximum absolute atomic E-state index is 12.4. The molecule has 5 nitrogen and oxygen atoms in total. The number of fused-ring (bicyclic) bond motifs is 2. The number of aryl methyl sites for hydroxylation is 3. The number of benzene rings is 1. The summed E-state index contributed by atoms with van der Waals surface area (Å²) in [5.41, 5.74) is 1.83. The van der Waals surface area contributed by atoms with Gasteiger partial charge in [0.15, 0.2) is 0 Å². The average molecular weight is 383 g/mol. The predicted octanol–water partition coefficient (Wildman–Crippen LogP) is 4.71. The Bertz CT molecular complexity index is 1200. The van der Waals surface area contributed by atoms with Crippen molar-refractivity contribution in [3.63, 3.8) is 0 Å². The molecule has 7 heteroatoms. The monoisotopic (exact) mass is 382 g/mol. The fourth-order valence-corrected chi connectivity index (χ4v) is 5.17. The highest BCUT2D eigenvalue weighted by Gasteiger charge is 2.18. The van der Waals surface area contributed by atoms with Gasteiger partial charge in [0.25, 0.3) is 5.56 Å². The minimum Gasteiger partial charge on any atom is -0.309 e. The Morgan fingerprint density at radius 3 is 2.69 bits per heavy atom. The van der Waals surface area contributed by atoms with Crippen LogP contribution in [0.5, 0.6) is 0 Å². The minimum atomic E-state index is -0.107. The summed E-state index contributed by atoms with van der Waals surface area (Å²) in [6.45, 7) is 8.17. The van der Waals surface area contributed by atoms with Gasteiger partial charge >= 0.3 is 0 Å². The molecule has 0 saturated heterocycles. The van der Waals surface area contributed by atoms with Gasteiger partial charge in [0, 0.05) is 10.3 Å². The van der Waals surface area contributed by atoms with E-state index in [1.165, 1.54) is 10.4 Å². The van der Waals surface area contributed by atoms with Crippen molar-refractivity contribution in [3.05, 3.63) is 56.7 Å². The van der Waals surface area contributed by atoms with Crippen LogP contribution in [0.4, 0.5) is 0 Å². The summed E-state index contributed by atoms with van der Waals surface area (Å²) in [5.74, 6) is 1.42.